The fourth-order valence-corrected chi connectivity index (χ4v) is 3.59. The second-order valence-corrected chi connectivity index (χ2v) is 7.27. The third-order valence-electron chi connectivity index (χ3n) is 4.44. The Morgan fingerprint density at radius 1 is 1.27 bits per heavy atom. The second kappa shape index (κ2) is 5.41. The fourth-order valence-electron chi connectivity index (χ4n) is 3.59. The van der Waals surface area contributed by atoms with Gasteiger partial charge in [-0.05, 0) is 46.5 Å². The first kappa shape index (κ1) is 15.1. The van der Waals surface area contributed by atoms with E-state index in [0.717, 1.165) is 32.0 Å². The lowest BCUT2D eigenvalue weighted by Gasteiger charge is -2.39. The average Bonchev–Trinajstić information content (AvgIpc) is 3.00. The molecule has 0 aliphatic carbocycles. The van der Waals surface area contributed by atoms with Crippen LogP contribution in [0.4, 0.5) is 4.79 Å². The molecule has 2 aliphatic rings. The Morgan fingerprint density at radius 2 is 1.91 bits per heavy atom. The van der Waals surface area contributed by atoms with Gasteiger partial charge in [0.05, 0.1) is 17.8 Å². The quantitative estimate of drug-likeness (QED) is 0.788. The van der Waals surface area contributed by atoms with Crippen molar-refractivity contribution >= 4 is 12.4 Å². The van der Waals surface area contributed by atoms with Crippen molar-refractivity contribution in [1.29, 1.82) is 0 Å². The van der Waals surface area contributed by atoms with Crippen LogP contribution in [0.2, 0.25) is 0 Å². The van der Waals surface area contributed by atoms with Crippen LogP contribution >= 0.6 is 0 Å². The molecule has 1 amide bonds. The minimum atomic E-state index is -0.464. The summed E-state index contributed by atoms with van der Waals surface area (Å²) in [6.45, 7) is 5.68. The van der Waals surface area contributed by atoms with E-state index in [-0.39, 0.29) is 24.2 Å². The summed E-state index contributed by atoms with van der Waals surface area (Å²) >= 11 is 0. The van der Waals surface area contributed by atoms with E-state index in [1.54, 1.807) is 12.4 Å². The lowest BCUT2D eigenvalue weighted by Crippen LogP contribution is -2.48. The van der Waals surface area contributed by atoms with Gasteiger partial charge in [0, 0.05) is 18.3 Å². The van der Waals surface area contributed by atoms with Gasteiger partial charge in [-0.15, -0.1) is 0 Å². The second-order valence-electron chi connectivity index (χ2n) is 7.27. The molecule has 120 valence electrons. The predicted octanol–water partition coefficient (Wildman–Crippen LogP) is 2.80. The Balaban J connectivity index is 1.71. The number of carbonyl (C=O) groups is 2. The number of carbonyl (C=O) groups excluding carboxylic acids is 2. The number of hydrogen-bond acceptors (Lipinski definition) is 4. The number of rotatable bonds is 2. The van der Waals surface area contributed by atoms with Crippen molar-refractivity contribution in [3.05, 3.63) is 18.0 Å². The summed E-state index contributed by atoms with van der Waals surface area (Å²) in [5.74, 6) is 0. The molecule has 2 fully saturated rings. The van der Waals surface area contributed by atoms with Crippen molar-refractivity contribution in [1.82, 2.24) is 14.7 Å². The molecule has 1 aromatic rings. The lowest BCUT2D eigenvalue weighted by molar-refractivity contribution is 0.00232. The van der Waals surface area contributed by atoms with Gasteiger partial charge in [0.1, 0.15) is 5.60 Å². The van der Waals surface area contributed by atoms with Crippen LogP contribution in [0.5, 0.6) is 0 Å². The van der Waals surface area contributed by atoms with Gasteiger partial charge in [-0.1, -0.05) is 0 Å². The Hall–Kier alpha value is -1.85. The maximum Gasteiger partial charge on any atom is 0.410 e. The molecular weight excluding hydrogens is 282 g/mol. The molecule has 3 heterocycles. The molecule has 3 rings (SSSR count). The van der Waals surface area contributed by atoms with Crippen LogP contribution in [-0.2, 0) is 4.74 Å². The first-order valence-electron chi connectivity index (χ1n) is 7.88. The molecule has 22 heavy (non-hydrogen) atoms. The molecule has 0 spiro atoms. The number of amides is 1. The minimum absolute atomic E-state index is 0.201. The molecule has 0 aromatic carbocycles. The Kier molecular flexibility index (Phi) is 3.70. The maximum atomic E-state index is 12.4. The highest BCUT2D eigenvalue weighted by Crippen LogP contribution is 2.41. The summed E-state index contributed by atoms with van der Waals surface area (Å²) in [6.07, 6.45) is 7.77. The SMILES string of the molecule is CC(C)(C)OC(=O)N1C2CCC1CC(n1cc(C=O)cn1)C2. The van der Waals surface area contributed by atoms with Crippen molar-refractivity contribution in [2.24, 2.45) is 0 Å². The average molecular weight is 305 g/mol. The Labute approximate surface area is 130 Å². The summed E-state index contributed by atoms with van der Waals surface area (Å²) in [7, 11) is 0. The molecule has 0 N–H and O–H groups in total. The number of aromatic nitrogens is 2. The minimum Gasteiger partial charge on any atom is -0.444 e. The van der Waals surface area contributed by atoms with Gasteiger partial charge in [-0.2, -0.15) is 5.10 Å². The van der Waals surface area contributed by atoms with Gasteiger partial charge in [0.2, 0.25) is 0 Å². The van der Waals surface area contributed by atoms with E-state index in [1.165, 1.54) is 0 Å². The standard InChI is InChI=1S/C16H23N3O3/c1-16(2,3)22-15(21)19-12-4-5-13(19)7-14(6-12)18-9-11(10-20)8-17-18/h8-10,12-14H,4-7H2,1-3H3. The van der Waals surface area contributed by atoms with Gasteiger partial charge >= 0.3 is 6.09 Å². The highest BCUT2D eigenvalue weighted by atomic mass is 16.6. The lowest BCUT2D eigenvalue weighted by atomic mass is 9.98. The molecular formula is C16H23N3O3. The molecule has 2 aliphatic heterocycles. The zero-order valence-electron chi connectivity index (χ0n) is 13.4. The molecule has 1 aromatic heterocycles. The monoisotopic (exact) mass is 305 g/mol. The first-order chi connectivity index (χ1) is 10.4. The highest BCUT2D eigenvalue weighted by molar-refractivity contribution is 5.73. The van der Waals surface area contributed by atoms with E-state index in [2.05, 4.69) is 5.10 Å². The first-order valence-corrected chi connectivity index (χ1v) is 7.88. The van der Waals surface area contributed by atoms with Gasteiger partial charge in [-0.3, -0.25) is 9.48 Å². The van der Waals surface area contributed by atoms with Crippen LogP contribution < -0.4 is 0 Å². The molecule has 2 saturated heterocycles. The number of hydrogen-bond donors (Lipinski definition) is 0. The van der Waals surface area contributed by atoms with Crippen LogP contribution in [0.25, 0.3) is 0 Å². The molecule has 6 nitrogen and oxygen atoms in total. The molecule has 6 heteroatoms. The topological polar surface area (TPSA) is 64.4 Å². The van der Waals surface area contributed by atoms with Crippen molar-refractivity contribution in [2.45, 2.75) is 70.2 Å². The van der Waals surface area contributed by atoms with Gasteiger partial charge in [0.25, 0.3) is 0 Å². The number of fused-ring (bicyclic) bond motifs is 2. The van der Waals surface area contributed by atoms with Crippen LogP contribution in [0, 0.1) is 0 Å². The van der Waals surface area contributed by atoms with E-state index in [0.29, 0.717) is 5.56 Å². The van der Waals surface area contributed by atoms with E-state index >= 15 is 0 Å². The zero-order chi connectivity index (χ0) is 15.9. The third-order valence-corrected chi connectivity index (χ3v) is 4.44. The number of piperidine rings is 1. The highest BCUT2D eigenvalue weighted by Gasteiger charge is 2.45. The molecule has 0 radical (unpaired) electrons. The third kappa shape index (κ3) is 2.87. The van der Waals surface area contributed by atoms with E-state index in [1.807, 2.05) is 30.4 Å². The number of nitrogens with zero attached hydrogens (tertiary/aromatic N) is 3. The zero-order valence-corrected chi connectivity index (χ0v) is 13.4. The van der Waals surface area contributed by atoms with Crippen molar-refractivity contribution in [3.63, 3.8) is 0 Å². The van der Waals surface area contributed by atoms with Crippen LogP contribution in [0.15, 0.2) is 12.4 Å². The maximum absolute atomic E-state index is 12.4. The van der Waals surface area contributed by atoms with Crippen molar-refractivity contribution < 1.29 is 14.3 Å². The number of aldehydes is 1. The fraction of sp³-hybridized carbons (Fsp3) is 0.688. The van der Waals surface area contributed by atoms with Crippen LogP contribution in [-0.4, -0.2) is 44.7 Å². The van der Waals surface area contributed by atoms with Gasteiger partial charge in [0.15, 0.2) is 6.29 Å². The summed E-state index contributed by atoms with van der Waals surface area (Å²) in [5.41, 5.74) is 0.135. The summed E-state index contributed by atoms with van der Waals surface area (Å²) in [5, 5.41) is 4.29. The van der Waals surface area contributed by atoms with Crippen LogP contribution in [0.1, 0.15) is 62.9 Å². The smallest absolute Gasteiger partial charge is 0.410 e. The van der Waals surface area contributed by atoms with Crippen LogP contribution in [0.3, 0.4) is 0 Å². The summed E-state index contributed by atoms with van der Waals surface area (Å²) in [6, 6.07) is 0.676. The van der Waals surface area contributed by atoms with E-state index in [4.69, 9.17) is 4.74 Å². The summed E-state index contributed by atoms with van der Waals surface area (Å²) < 4.78 is 7.42. The van der Waals surface area contributed by atoms with Crippen molar-refractivity contribution in [3.8, 4) is 0 Å². The molecule has 2 atom stereocenters. The van der Waals surface area contributed by atoms with Gasteiger partial charge in [-0.25, -0.2) is 4.79 Å². The molecule has 0 saturated carbocycles. The normalized spacial score (nSPS) is 27.8. The van der Waals surface area contributed by atoms with Gasteiger partial charge < -0.3 is 9.64 Å². The Morgan fingerprint density at radius 3 is 2.41 bits per heavy atom. The predicted molar refractivity (Wildman–Crippen MR) is 80.8 cm³/mol. The van der Waals surface area contributed by atoms with Crippen molar-refractivity contribution in [2.75, 3.05) is 0 Å². The summed E-state index contributed by atoms with van der Waals surface area (Å²) in [4.78, 5) is 25.1. The number of ether oxygens (including phenoxy) is 1. The Bertz CT molecular complexity index is 561. The largest absolute Gasteiger partial charge is 0.444 e. The van der Waals surface area contributed by atoms with E-state index in [9.17, 15) is 9.59 Å². The molecule has 2 bridgehead atoms. The molecule has 2 unspecified atom stereocenters. The van der Waals surface area contributed by atoms with E-state index < -0.39 is 5.60 Å².